The third kappa shape index (κ3) is 4.69. The summed E-state index contributed by atoms with van der Waals surface area (Å²) in [6.07, 6.45) is 0.166. The van der Waals surface area contributed by atoms with Crippen molar-refractivity contribution in [2.24, 2.45) is 0 Å². The van der Waals surface area contributed by atoms with E-state index in [1.54, 1.807) is 12.1 Å². The molecule has 0 spiro atoms. The molecule has 0 aliphatic heterocycles. The summed E-state index contributed by atoms with van der Waals surface area (Å²) < 4.78 is 5.33. The summed E-state index contributed by atoms with van der Waals surface area (Å²) in [5.41, 5.74) is 1.04. The van der Waals surface area contributed by atoms with Crippen molar-refractivity contribution in [1.82, 2.24) is 0 Å². The fourth-order valence-corrected chi connectivity index (χ4v) is 2.19. The Morgan fingerprint density at radius 2 is 1.96 bits per heavy atom. The van der Waals surface area contributed by atoms with Crippen LogP contribution in [0.15, 0.2) is 42.5 Å². The number of carbonyl (C=O) groups is 1. The maximum Gasteiger partial charge on any atom is 0.271 e. The molecule has 0 bridgehead atoms. The minimum absolute atomic E-state index is 0.124. The van der Waals surface area contributed by atoms with Gasteiger partial charge in [-0.2, -0.15) is 0 Å². The molecule has 0 aliphatic carbocycles. The number of nitro groups is 1. The van der Waals surface area contributed by atoms with Gasteiger partial charge in [-0.15, -0.1) is 0 Å². The van der Waals surface area contributed by atoms with Gasteiger partial charge in [0.1, 0.15) is 5.75 Å². The number of rotatable bonds is 6. The average molecular weight is 335 g/mol. The number of amides is 1. The van der Waals surface area contributed by atoms with Crippen LogP contribution in [0.5, 0.6) is 5.75 Å². The van der Waals surface area contributed by atoms with Crippen LogP contribution in [0.1, 0.15) is 12.5 Å². The Bertz CT molecular complexity index is 717. The molecule has 6 nitrogen and oxygen atoms in total. The molecule has 23 heavy (non-hydrogen) atoms. The Balaban J connectivity index is 2.00. The molecule has 2 aromatic carbocycles. The lowest BCUT2D eigenvalue weighted by atomic mass is 10.1. The van der Waals surface area contributed by atoms with E-state index in [0.717, 1.165) is 11.3 Å². The zero-order chi connectivity index (χ0) is 16.8. The number of carbonyl (C=O) groups excluding carboxylic acids is 1. The van der Waals surface area contributed by atoms with Crippen LogP contribution in [0.3, 0.4) is 0 Å². The van der Waals surface area contributed by atoms with Gasteiger partial charge in [0.2, 0.25) is 5.91 Å². The van der Waals surface area contributed by atoms with Crippen molar-refractivity contribution in [1.29, 1.82) is 0 Å². The predicted molar refractivity (Wildman–Crippen MR) is 88.1 cm³/mol. The quantitative estimate of drug-likeness (QED) is 0.643. The van der Waals surface area contributed by atoms with E-state index in [-0.39, 0.29) is 23.0 Å². The van der Waals surface area contributed by atoms with Gasteiger partial charge in [-0.05, 0) is 30.7 Å². The van der Waals surface area contributed by atoms with E-state index in [9.17, 15) is 14.9 Å². The van der Waals surface area contributed by atoms with Crippen molar-refractivity contribution in [3.8, 4) is 5.75 Å². The van der Waals surface area contributed by atoms with Crippen molar-refractivity contribution in [2.75, 3.05) is 11.9 Å². The number of nitrogens with zero attached hydrogens (tertiary/aromatic N) is 1. The first kappa shape index (κ1) is 16.8. The lowest BCUT2D eigenvalue weighted by Gasteiger charge is -2.08. The molecule has 7 heteroatoms. The van der Waals surface area contributed by atoms with Crippen molar-refractivity contribution in [2.45, 2.75) is 13.3 Å². The molecule has 0 saturated heterocycles. The molecule has 120 valence electrons. The first-order chi connectivity index (χ1) is 11.0. The van der Waals surface area contributed by atoms with Gasteiger partial charge in [0.25, 0.3) is 5.69 Å². The highest BCUT2D eigenvalue weighted by Crippen LogP contribution is 2.26. The Morgan fingerprint density at radius 3 is 2.52 bits per heavy atom. The van der Waals surface area contributed by atoms with Crippen LogP contribution >= 0.6 is 11.6 Å². The second-order valence-corrected chi connectivity index (χ2v) is 5.13. The van der Waals surface area contributed by atoms with E-state index in [0.29, 0.717) is 12.3 Å². The van der Waals surface area contributed by atoms with E-state index < -0.39 is 4.92 Å². The summed E-state index contributed by atoms with van der Waals surface area (Å²) in [6, 6.07) is 11.1. The summed E-state index contributed by atoms with van der Waals surface area (Å²) in [5.74, 6) is 0.486. The van der Waals surface area contributed by atoms with Crippen LogP contribution in [-0.2, 0) is 11.2 Å². The molecular weight excluding hydrogens is 320 g/mol. The molecule has 2 rings (SSSR count). The summed E-state index contributed by atoms with van der Waals surface area (Å²) >= 11 is 5.94. The molecule has 1 amide bonds. The van der Waals surface area contributed by atoms with E-state index in [1.165, 1.54) is 18.2 Å². The molecule has 0 saturated carbocycles. The molecule has 0 radical (unpaired) electrons. The Morgan fingerprint density at radius 1 is 1.26 bits per heavy atom. The standard InChI is InChI=1S/C16H15ClN2O4/c1-2-23-13-6-3-11(4-7-13)9-16(20)18-15-8-5-12(19(21)22)10-14(15)17/h3-8,10H,2,9H2,1H3,(H,18,20). The summed E-state index contributed by atoms with van der Waals surface area (Å²) in [4.78, 5) is 22.1. The number of ether oxygens (including phenoxy) is 1. The van der Waals surface area contributed by atoms with Gasteiger partial charge in [0, 0.05) is 12.1 Å². The van der Waals surface area contributed by atoms with Crippen molar-refractivity contribution < 1.29 is 14.5 Å². The van der Waals surface area contributed by atoms with Gasteiger partial charge in [0.05, 0.1) is 28.7 Å². The van der Waals surface area contributed by atoms with Crippen LogP contribution < -0.4 is 10.1 Å². The summed E-state index contributed by atoms with van der Waals surface area (Å²) in [7, 11) is 0. The lowest BCUT2D eigenvalue weighted by Crippen LogP contribution is -2.14. The van der Waals surface area contributed by atoms with Gasteiger partial charge in [-0.25, -0.2) is 0 Å². The highest BCUT2D eigenvalue weighted by molar-refractivity contribution is 6.34. The second-order valence-electron chi connectivity index (χ2n) is 4.72. The number of anilines is 1. The smallest absolute Gasteiger partial charge is 0.271 e. The molecule has 0 heterocycles. The van der Waals surface area contributed by atoms with Crippen molar-refractivity contribution >= 4 is 28.9 Å². The lowest BCUT2D eigenvalue weighted by molar-refractivity contribution is -0.384. The highest BCUT2D eigenvalue weighted by atomic mass is 35.5. The molecular formula is C16H15ClN2O4. The van der Waals surface area contributed by atoms with Crippen LogP contribution in [0.2, 0.25) is 5.02 Å². The Hall–Kier alpha value is -2.60. The maximum atomic E-state index is 12.0. The number of hydrogen-bond donors (Lipinski definition) is 1. The fourth-order valence-electron chi connectivity index (χ4n) is 1.97. The van der Waals surface area contributed by atoms with E-state index in [4.69, 9.17) is 16.3 Å². The van der Waals surface area contributed by atoms with Gasteiger partial charge < -0.3 is 10.1 Å². The van der Waals surface area contributed by atoms with Crippen LogP contribution in [0.25, 0.3) is 0 Å². The number of benzene rings is 2. The molecule has 0 aliphatic rings. The number of nitrogens with one attached hydrogen (secondary N) is 1. The largest absolute Gasteiger partial charge is 0.494 e. The monoisotopic (exact) mass is 334 g/mol. The Kier molecular flexibility index (Phi) is 5.54. The third-order valence-electron chi connectivity index (χ3n) is 3.04. The first-order valence-electron chi connectivity index (χ1n) is 6.95. The van der Waals surface area contributed by atoms with Crippen molar-refractivity contribution in [3.63, 3.8) is 0 Å². The van der Waals surface area contributed by atoms with Crippen LogP contribution in [0.4, 0.5) is 11.4 Å². The summed E-state index contributed by atoms with van der Waals surface area (Å²) in [5, 5.41) is 13.4. The van der Waals surface area contributed by atoms with E-state index >= 15 is 0 Å². The molecule has 1 N–H and O–H groups in total. The molecule has 0 fully saturated rings. The topological polar surface area (TPSA) is 81.5 Å². The van der Waals surface area contributed by atoms with Gasteiger partial charge in [-0.3, -0.25) is 14.9 Å². The number of halogens is 1. The number of non-ortho nitro benzene ring substituents is 1. The second kappa shape index (κ2) is 7.60. The zero-order valence-corrected chi connectivity index (χ0v) is 13.2. The minimum atomic E-state index is -0.544. The summed E-state index contributed by atoms with van der Waals surface area (Å²) in [6.45, 7) is 2.48. The molecule has 0 aromatic heterocycles. The first-order valence-corrected chi connectivity index (χ1v) is 7.33. The number of nitro benzene ring substituents is 1. The van der Waals surface area contributed by atoms with Gasteiger partial charge >= 0.3 is 0 Å². The maximum absolute atomic E-state index is 12.0. The predicted octanol–water partition coefficient (Wildman–Crippen LogP) is 3.83. The normalized spacial score (nSPS) is 10.2. The van der Waals surface area contributed by atoms with E-state index in [2.05, 4.69) is 5.32 Å². The van der Waals surface area contributed by atoms with Crippen LogP contribution in [0, 0.1) is 10.1 Å². The van der Waals surface area contributed by atoms with Crippen LogP contribution in [-0.4, -0.2) is 17.4 Å². The van der Waals surface area contributed by atoms with E-state index in [1.807, 2.05) is 19.1 Å². The SMILES string of the molecule is CCOc1ccc(CC(=O)Nc2ccc([N+](=O)[O-])cc2Cl)cc1. The Labute approximate surface area is 138 Å². The zero-order valence-electron chi connectivity index (χ0n) is 12.4. The molecule has 0 atom stereocenters. The van der Waals surface area contributed by atoms with Crippen molar-refractivity contribution in [3.05, 3.63) is 63.2 Å². The highest BCUT2D eigenvalue weighted by Gasteiger charge is 2.12. The fraction of sp³-hybridized carbons (Fsp3) is 0.188. The molecule has 2 aromatic rings. The molecule has 0 unspecified atom stereocenters. The third-order valence-corrected chi connectivity index (χ3v) is 3.35. The average Bonchev–Trinajstić information content (AvgIpc) is 2.51. The van der Waals surface area contributed by atoms with Gasteiger partial charge in [-0.1, -0.05) is 23.7 Å². The van der Waals surface area contributed by atoms with Gasteiger partial charge in [0.15, 0.2) is 0 Å². The number of hydrogen-bond acceptors (Lipinski definition) is 4. The minimum Gasteiger partial charge on any atom is -0.494 e.